The molecule has 1 heterocycles. The summed E-state index contributed by atoms with van der Waals surface area (Å²) in [5.41, 5.74) is 1.38. The molecule has 1 saturated heterocycles. The number of benzene rings is 2. The fraction of sp³-hybridized carbons (Fsp3) is 0.462. The van der Waals surface area contributed by atoms with E-state index in [4.69, 9.17) is 4.74 Å². The average molecular weight is 439 g/mol. The summed E-state index contributed by atoms with van der Waals surface area (Å²) < 4.78 is 5.73. The van der Waals surface area contributed by atoms with E-state index in [-0.39, 0.29) is 18.3 Å². The molecule has 3 rings (SSSR count). The number of ether oxygens (including phenoxy) is 1. The van der Waals surface area contributed by atoms with Crippen molar-refractivity contribution in [3.63, 3.8) is 0 Å². The summed E-state index contributed by atoms with van der Waals surface area (Å²) in [4.78, 5) is 28.3. The smallest absolute Gasteiger partial charge is 0.253 e. The highest BCUT2D eigenvalue weighted by Gasteiger charge is 2.28. The zero-order valence-electron chi connectivity index (χ0n) is 19.1. The molecule has 1 aliphatic heterocycles. The van der Waals surface area contributed by atoms with Gasteiger partial charge in [0.05, 0.1) is 0 Å². The van der Waals surface area contributed by atoms with Crippen LogP contribution in [-0.2, 0) is 0 Å². The van der Waals surface area contributed by atoms with E-state index in [2.05, 4.69) is 11.8 Å². The van der Waals surface area contributed by atoms with E-state index in [9.17, 15) is 14.7 Å². The average Bonchev–Trinajstić information content (AvgIpc) is 2.83. The van der Waals surface area contributed by atoms with Gasteiger partial charge in [0.1, 0.15) is 18.5 Å². The molecule has 1 fully saturated rings. The van der Waals surface area contributed by atoms with E-state index in [0.717, 1.165) is 44.5 Å². The minimum atomic E-state index is -0.613. The van der Waals surface area contributed by atoms with Crippen LogP contribution in [0.5, 0.6) is 5.75 Å². The number of carbonyl (C=O) groups excluding carboxylic acids is 2. The Morgan fingerprint density at radius 2 is 1.72 bits per heavy atom. The highest BCUT2D eigenvalue weighted by molar-refractivity contribution is 5.94. The molecule has 6 heteroatoms. The number of piperidine rings is 1. The van der Waals surface area contributed by atoms with E-state index in [0.29, 0.717) is 23.9 Å². The molecule has 1 unspecified atom stereocenters. The van der Waals surface area contributed by atoms with Crippen molar-refractivity contribution in [1.82, 2.24) is 9.80 Å². The van der Waals surface area contributed by atoms with Gasteiger partial charge in [-0.25, -0.2) is 0 Å². The van der Waals surface area contributed by atoms with Crippen molar-refractivity contribution in [2.24, 2.45) is 0 Å². The number of carbonyl (C=O) groups is 2. The van der Waals surface area contributed by atoms with Crippen LogP contribution in [0.2, 0.25) is 0 Å². The summed E-state index contributed by atoms with van der Waals surface area (Å²) in [6, 6.07) is 16.8. The van der Waals surface area contributed by atoms with Crippen molar-refractivity contribution < 1.29 is 19.4 Å². The Morgan fingerprint density at radius 1 is 1.06 bits per heavy atom. The number of Topliss-reactive ketones (excluding diaryl/α,β-unsaturated/α-hetero) is 1. The molecule has 1 atom stereocenters. The van der Waals surface area contributed by atoms with Crippen LogP contribution in [-0.4, -0.2) is 71.5 Å². The number of ketones is 1. The minimum absolute atomic E-state index is 0.0170. The highest BCUT2D eigenvalue weighted by Crippen LogP contribution is 2.20. The molecule has 0 bridgehead atoms. The standard InChI is InChI=1S/C26H34N2O4/c1-3-15-28(18-24(30)19-32-25-11-9-21(10-12-25)20(2)29)23-13-16-27(17-14-23)26(31)22-7-5-4-6-8-22/h4-12,23-24,30H,3,13-19H2,1-2H3. The molecule has 1 N–H and O–H groups in total. The van der Waals surface area contributed by atoms with Gasteiger partial charge in [-0.3, -0.25) is 14.5 Å². The van der Waals surface area contributed by atoms with E-state index in [1.165, 1.54) is 6.92 Å². The second kappa shape index (κ2) is 11.8. The summed E-state index contributed by atoms with van der Waals surface area (Å²) in [6.07, 6.45) is 2.19. The molecule has 2 aromatic rings. The van der Waals surface area contributed by atoms with Crippen LogP contribution in [0.1, 0.15) is 53.8 Å². The molecule has 0 radical (unpaired) electrons. The lowest BCUT2D eigenvalue weighted by Gasteiger charge is -2.39. The number of hydrogen-bond acceptors (Lipinski definition) is 5. The topological polar surface area (TPSA) is 70.1 Å². The normalized spacial score (nSPS) is 15.6. The first-order valence-electron chi connectivity index (χ1n) is 11.5. The van der Waals surface area contributed by atoms with Crippen molar-refractivity contribution >= 4 is 11.7 Å². The van der Waals surface area contributed by atoms with Crippen LogP contribution in [0.15, 0.2) is 54.6 Å². The van der Waals surface area contributed by atoms with Crippen LogP contribution < -0.4 is 4.74 Å². The maximum absolute atomic E-state index is 12.7. The van der Waals surface area contributed by atoms with Crippen molar-refractivity contribution in [3.05, 3.63) is 65.7 Å². The third-order valence-corrected chi connectivity index (χ3v) is 5.95. The van der Waals surface area contributed by atoms with Crippen molar-refractivity contribution in [2.75, 3.05) is 32.8 Å². The summed E-state index contributed by atoms with van der Waals surface area (Å²) in [5, 5.41) is 10.6. The maximum atomic E-state index is 12.7. The molecular formula is C26H34N2O4. The molecule has 2 aromatic carbocycles. The maximum Gasteiger partial charge on any atom is 0.253 e. The van der Waals surface area contributed by atoms with E-state index >= 15 is 0 Å². The van der Waals surface area contributed by atoms with Crippen molar-refractivity contribution in [3.8, 4) is 5.75 Å². The quantitative estimate of drug-likeness (QED) is 0.574. The number of aliphatic hydroxyl groups is 1. The minimum Gasteiger partial charge on any atom is -0.491 e. The fourth-order valence-corrected chi connectivity index (χ4v) is 4.21. The number of likely N-dealkylation sites (tertiary alicyclic amines) is 1. The Hall–Kier alpha value is -2.70. The van der Waals surface area contributed by atoms with Gasteiger partial charge in [0, 0.05) is 36.8 Å². The second-order valence-corrected chi connectivity index (χ2v) is 8.43. The summed E-state index contributed by atoms with van der Waals surface area (Å²) in [5.74, 6) is 0.752. The SMILES string of the molecule is CCCN(CC(O)COc1ccc(C(C)=O)cc1)C1CCN(C(=O)c2ccccc2)CC1. The summed E-state index contributed by atoms with van der Waals surface area (Å²) >= 11 is 0. The number of aliphatic hydroxyl groups excluding tert-OH is 1. The lowest BCUT2D eigenvalue weighted by Crippen LogP contribution is -2.49. The number of rotatable bonds is 10. The Bertz CT molecular complexity index is 861. The van der Waals surface area contributed by atoms with Crippen LogP contribution in [0, 0.1) is 0 Å². The van der Waals surface area contributed by atoms with Gasteiger partial charge < -0.3 is 14.7 Å². The first-order chi connectivity index (χ1) is 15.5. The van der Waals surface area contributed by atoms with Gasteiger partial charge in [-0.15, -0.1) is 0 Å². The molecule has 172 valence electrons. The molecule has 0 spiro atoms. The molecule has 1 aliphatic rings. The Morgan fingerprint density at radius 3 is 2.31 bits per heavy atom. The number of nitrogens with zero attached hydrogens (tertiary/aromatic N) is 2. The van der Waals surface area contributed by atoms with Gasteiger partial charge in [0.2, 0.25) is 0 Å². The molecule has 0 aliphatic carbocycles. The first-order valence-corrected chi connectivity index (χ1v) is 11.5. The predicted octanol–water partition coefficient (Wildman–Crippen LogP) is 3.65. The Balaban J connectivity index is 1.48. The Kier molecular flexibility index (Phi) is 8.82. The third kappa shape index (κ3) is 6.65. The van der Waals surface area contributed by atoms with Gasteiger partial charge in [-0.2, -0.15) is 0 Å². The molecule has 0 saturated carbocycles. The molecule has 6 nitrogen and oxygen atoms in total. The van der Waals surface area contributed by atoms with Gasteiger partial charge in [-0.1, -0.05) is 25.1 Å². The lowest BCUT2D eigenvalue weighted by molar-refractivity contribution is 0.0322. The fourth-order valence-electron chi connectivity index (χ4n) is 4.21. The number of amides is 1. The van der Waals surface area contributed by atoms with Crippen molar-refractivity contribution in [1.29, 1.82) is 0 Å². The zero-order valence-corrected chi connectivity index (χ0v) is 19.1. The van der Waals surface area contributed by atoms with Crippen LogP contribution in [0.3, 0.4) is 0 Å². The van der Waals surface area contributed by atoms with Gasteiger partial charge in [0.25, 0.3) is 5.91 Å². The number of hydrogen-bond donors (Lipinski definition) is 1. The highest BCUT2D eigenvalue weighted by atomic mass is 16.5. The second-order valence-electron chi connectivity index (χ2n) is 8.43. The van der Waals surface area contributed by atoms with E-state index < -0.39 is 6.10 Å². The molecule has 0 aromatic heterocycles. The van der Waals surface area contributed by atoms with Crippen LogP contribution in [0.25, 0.3) is 0 Å². The van der Waals surface area contributed by atoms with Crippen molar-refractivity contribution in [2.45, 2.75) is 45.3 Å². The van der Waals surface area contributed by atoms with Gasteiger partial charge >= 0.3 is 0 Å². The third-order valence-electron chi connectivity index (χ3n) is 5.95. The summed E-state index contributed by atoms with van der Waals surface area (Å²) in [6.45, 7) is 6.77. The van der Waals surface area contributed by atoms with Crippen LogP contribution in [0.4, 0.5) is 0 Å². The van der Waals surface area contributed by atoms with Gasteiger partial charge in [-0.05, 0) is 69.1 Å². The first kappa shape index (κ1) is 24.0. The Labute approximate surface area is 190 Å². The van der Waals surface area contributed by atoms with Crippen LogP contribution >= 0.6 is 0 Å². The van der Waals surface area contributed by atoms with E-state index in [1.54, 1.807) is 24.3 Å². The largest absolute Gasteiger partial charge is 0.491 e. The van der Waals surface area contributed by atoms with E-state index in [1.807, 2.05) is 35.2 Å². The monoisotopic (exact) mass is 438 g/mol. The van der Waals surface area contributed by atoms with Gasteiger partial charge in [0.15, 0.2) is 5.78 Å². The summed E-state index contributed by atoms with van der Waals surface area (Å²) in [7, 11) is 0. The zero-order chi connectivity index (χ0) is 22.9. The molecule has 32 heavy (non-hydrogen) atoms. The lowest BCUT2D eigenvalue weighted by atomic mass is 10.0. The predicted molar refractivity (Wildman–Crippen MR) is 125 cm³/mol. The molecular weight excluding hydrogens is 404 g/mol. The molecule has 1 amide bonds.